The first-order valence-electron chi connectivity index (χ1n) is 6.63. The van der Waals surface area contributed by atoms with Crippen LogP contribution in [0.15, 0.2) is 34.9 Å². The van der Waals surface area contributed by atoms with Gasteiger partial charge in [0.25, 0.3) is 0 Å². The highest BCUT2D eigenvalue weighted by atomic mass is 16.3. The average molecular weight is 258 g/mol. The summed E-state index contributed by atoms with van der Waals surface area (Å²) in [4.78, 5) is 6.87. The Kier molecular flexibility index (Phi) is 3.25. The molecule has 3 rings (SSSR count). The predicted molar refractivity (Wildman–Crippen MR) is 72.8 cm³/mol. The van der Waals surface area contributed by atoms with E-state index in [9.17, 15) is 5.11 Å². The second kappa shape index (κ2) is 5.05. The fourth-order valence-corrected chi connectivity index (χ4v) is 2.31. The van der Waals surface area contributed by atoms with E-state index in [4.69, 9.17) is 4.42 Å². The summed E-state index contributed by atoms with van der Waals surface area (Å²) in [6.45, 7) is 2.75. The summed E-state index contributed by atoms with van der Waals surface area (Å²) in [6.07, 6.45) is 4.10. The molecule has 0 aliphatic heterocycles. The molecule has 0 spiro atoms. The Balaban J connectivity index is 1.89. The van der Waals surface area contributed by atoms with Crippen LogP contribution in [0.3, 0.4) is 0 Å². The highest BCUT2D eigenvalue weighted by Crippen LogP contribution is 2.32. The van der Waals surface area contributed by atoms with Crippen LogP contribution in [0.5, 0.6) is 0 Å². The third-order valence-corrected chi connectivity index (χ3v) is 3.37. The quantitative estimate of drug-likeness (QED) is 0.895. The standard InChI is InChI=1S/C15H18N2O2/c1-11-7-12(10-18)8-15(16-11)17(13-4-5-13)9-14-3-2-6-19-14/h2-3,6-8,13,18H,4-5,9-10H2,1H3. The molecular formula is C15H18N2O2. The zero-order chi connectivity index (χ0) is 13.2. The highest BCUT2D eigenvalue weighted by molar-refractivity contribution is 5.45. The van der Waals surface area contributed by atoms with Crippen molar-refractivity contribution in [2.75, 3.05) is 4.90 Å². The number of rotatable bonds is 5. The number of aliphatic hydroxyl groups is 1. The van der Waals surface area contributed by atoms with Gasteiger partial charge in [-0.25, -0.2) is 4.98 Å². The van der Waals surface area contributed by atoms with Crippen LogP contribution >= 0.6 is 0 Å². The van der Waals surface area contributed by atoms with Crippen LogP contribution in [0.2, 0.25) is 0 Å². The molecular weight excluding hydrogens is 240 g/mol. The summed E-state index contributed by atoms with van der Waals surface area (Å²) in [7, 11) is 0. The van der Waals surface area contributed by atoms with Crippen molar-refractivity contribution in [3.8, 4) is 0 Å². The second-order valence-electron chi connectivity index (χ2n) is 5.07. The van der Waals surface area contributed by atoms with E-state index < -0.39 is 0 Å². The largest absolute Gasteiger partial charge is 0.467 e. The van der Waals surface area contributed by atoms with Gasteiger partial charge in [0.15, 0.2) is 0 Å². The summed E-state index contributed by atoms with van der Waals surface area (Å²) in [6, 6.07) is 8.32. The van der Waals surface area contributed by atoms with Crippen LogP contribution in [0.1, 0.15) is 29.9 Å². The number of anilines is 1. The molecule has 1 saturated carbocycles. The van der Waals surface area contributed by atoms with Crippen molar-refractivity contribution in [1.82, 2.24) is 4.98 Å². The van der Waals surface area contributed by atoms with Gasteiger partial charge in [-0.15, -0.1) is 0 Å². The molecule has 19 heavy (non-hydrogen) atoms. The molecule has 0 unspecified atom stereocenters. The highest BCUT2D eigenvalue weighted by Gasteiger charge is 2.30. The van der Waals surface area contributed by atoms with Gasteiger partial charge in [0.2, 0.25) is 0 Å². The van der Waals surface area contributed by atoms with E-state index in [2.05, 4.69) is 9.88 Å². The van der Waals surface area contributed by atoms with Crippen LogP contribution in [-0.4, -0.2) is 16.1 Å². The number of hydrogen-bond donors (Lipinski definition) is 1. The third kappa shape index (κ3) is 2.79. The van der Waals surface area contributed by atoms with Crippen molar-refractivity contribution in [3.05, 3.63) is 47.5 Å². The second-order valence-corrected chi connectivity index (χ2v) is 5.07. The minimum Gasteiger partial charge on any atom is -0.467 e. The SMILES string of the molecule is Cc1cc(CO)cc(N(Cc2ccco2)C2CC2)n1. The molecule has 1 aliphatic rings. The topological polar surface area (TPSA) is 49.5 Å². The van der Waals surface area contributed by atoms with Gasteiger partial charge in [0.05, 0.1) is 19.4 Å². The van der Waals surface area contributed by atoms with E-state index in [0.29, 0.717) is 6.04 Å². The van der Waals surface area contributed by atoms with Crippen molar-refractivity contribution < 1.29 is 9.52 Å². The summed E-state index contributed by atoms with van der Waals surface area (Å²) in [5, 5.41) is 9.31. The lowest BCUT2D eigenvalue weighted by Gasteiger charge is -2.23. The summed E-state index contributed by atoms with van der Waals surface area (Å²) < 4.78 is 5.43. The number of furan rings is 1. The number of aliphatic hydroxyl groups excluding tert-OH is 1. The van der Waals surface area contributed by atoms with Gasteiger partial charge in [0.1, 0.15) is 11.6 Å². The molecule has 4 heteroatoms. The van der Waals surface area contributed by atoms with Gasteiger partial charge in [-0.3, -0.25) is 0 Å². The number of nitrogens with zero attached hydrogens (tertiary/aromatic N) is 2. The summed E-state index contributed by atoms with van der Waals surface area (Å²) >= 11 is 0. The summed E-state index contributed by atoms with van der Waals surface area (Å²) in [5.41, 5.74) is 1.85. The first kappa shape index (κ1) is 12.2. The van der Waals surface area contributed by atoms with Crippen LogP contribution in [0.4, 0.5) is 5.82 Å². The maximum absolute atomic E-state index is 9.31. The normalized spacial score (nSPS) is 14.6. The Labute approximate surface area is 112 Å². The molecule has 100 valence electrons. The van der Waals surface area contributed by atoms with Gasteiger partial charge in [-0.1, -0.05) is 0 Å². The number of pyridine rings is 1. The van der Waals surface area contributed by atoms with E-state index in [1.807, 2.05) is 31.2 Å². The molecule has 1 fully saturated rings. The van der Waals surface area contributed by atoms with E-state index >= 15 is 0 Å². The first-order chi connectivity index (χ1) is 9.26. The molecule has 1 aliphatic carbocycles. The molecule has 2 aromatic heterocycles. The molecule has 4 nitrogen and oxygen atoms in total. The van der Waals surface area contributed by atoms with E-state index in [0.717, 1.165) is 29.4 Å². The molecule has 1 N–H and O–H groups in total. The van der Waals surface area contributed by atoms with Crippen LogP contribution in [0.25, 0.3) is 0 Å². The smallest absolute Gasteiger partial charge is 0.129 e. The first-order valence-corrected chi connectivity index (χ1v) is 6.63. The van der Waals surface area contributed by atoms with Crippen molar-refractivity contribution >= 4 is 5.82 Å². The molecule has 2 aromatic rings. The lowest BCUT2D eigenvalue weighted by Crippen LogP contribution is -2.26. The summed E-state index contributed by atoms with van der Waals surface area (Å²) in [5.74, 6) is 1.88. The maximum atomic E-state index is 9.31. The Morgan fingerprint density at radius 3 is 2.89 bits per heavy atom. The van der Waals surface area contributed by atoms with E-state index in [-0.39, 0.29) is 6.61 Å². The molecule has 0 amide bonds. The Morgan fingerprint density at radius 1 is 1.42 bits per heavy atom. The molecule has 0 aromatic carbocycles. The van der Waals surface area contributed by atoms with Gasteiger partial charge < -0.3 is 14.4 Å². The minimum absolute atomic E-state index is 0.0512. The minimum atomic E-state index is 0.0512. The van der Waals surface area contributed by atoms with Crippen LogP contribution in [0, 0.1) is 6.92 Å². The molecule has 2 heterocycles. The van der Waals surface area contributed by atoms with Crippen molar-refractivity contribution in [2.45, 2.75) is 39.0 Å². The van der Waals surface area contributed by atoms with Crippen molar-refractivity contribution in [3.63, 3.8) is 0 Å². The van der Waals surface area contributed by atoms with E-state index in [1.54, 1.807) is 6.26 Å². The number of aromatic nitrogens is 1. The van der Waals surface area contributed by atoms with Gasteiger partial charge >= 0.3 is 0 Å². The fourth-order valence-electron chi connectivity index (χ4n) is 2.31. The molecule has 0 atom stereocenters. The van der Waals surface area contributed by atoms with Gasteiger partial charge in [-0.05, 0) is 49.6 Å². The lowest BCUT2D eigenvalue weighted by molar-refractivity contribution is 0.281. The van der Waals surface area contributed by atoms with Crippen LogP contribution < -0.4 is 4.90 Å². The zero-order valence-corrected chi connectivity index (χ0v) is 11.0. The Hall–Kier alpha value is -1.81. The average Bonchev–Trinajstić information content (AvgIpc) is 3.12. The lowest BCUT2D eigenvalue weighted by atomic mass is 10.2. The number of aryl methyl sites for hydroxylation is 1. The molecule has 0 bridgehead atoms. The Morgan fingerprint density at radius 2 is 2.26 bits per heavy atom. The monoisotopic (exact) mass is 258 g/mol. The molecule has 0 saturated heterocycles. The van der Waals surface area contributed by atoms with Gasteiger partial charge in [-0.2, -0.15) is 0 Å². The van der Waals surface area contributed by atoms with Crippen LogP contribution in [-0.2, 0) is 13.2 Å². The fraction of sp³-hybridized carbons (Fsp3) is 0.400. The van der Waals surface area contributed by atoms with E-state index in [1.165, 1.54) is 12.8 Å². The van der Waals surface area contributed by atoms with Crippen molar-refractivity contribution in [2.24, 2.45) is 0 Å². The zero-order valence-electron chi connectivity index (χ0n) is 11.0. The van der Waals surface area contributed by atoms with Gasteiger partial charge in [0, 0.05) is 11.7 Å². The predicted octanol–water partition coefficient (Wildman–Crippen LogP) is 2.64. The van der Waals surface area contributed by atoms with Crippen molar-refractivity contribution in [1.29, 1.82) is 0 Å². The number of hydrogen-bond acceptors (Lipinski definition) is 4. The molecule has 0 radical (unpaired) electrons. The third-order valence-electron chi connectivity index (χ3n) is 3.37. The Bertz CT molecular complexity index is 547. The maximum Gasteiger partial charge on any atom is 0.129 e.